The van der Waals surface area contributed by atoms with Crippen molar-refractivity contribution in [2.45, 2.75) is 32.3 Å². The molecule has 2 heterocycles. The summed E-state index contributed by atoms with van der Waals surface area (Å²) in [6.07, 6.45) is 0.651. The fourth-order valence-electron chi connectivity index (χ4n) is 1.50. The van der Waals surface area contributed by atoms with Gasteiger partial charge in [0, 0.05) is 30.5 Å². The predicted octanol–water partition coefficient (Wildman–Crippen LogP) is 1.23. The van der Waals surface area contributed by atoms with Crippen LogP contribution in [0.1, 0.15) is 32.0 Å². The first-order chi connectivity index (χ1) is 6.66. The zero-order valence-corrected chi connectivity index (χ0v) is 9.29. The SMILES string of the molecule is CC(C)c1nsc(N2CCC(O)C2)n1. The number of rotatable bonds is 2. The molecule has 5 heteroatoms. The monoisotopic (exact) mass is 213 g/mol. The molecule has 78 valence electrons. The molecule has 1 N–H and O–H groups in total. The molecule has 1 atom stereocenters. The lowest BCUT2D eigenvalue weighted by atomic mass is 10.2. The number of β-amino-alcohol motifs (C(OH)–C–C–N with tert-alkyl or cyclic N) is 1. The van der Waals surface area contributed by atoms with Gasteiger partial charge in [-0.25, -0.2) is 4.98 Å². The van der Waals surface area contributed by atoms with E-state index >= 15 is 0 Å². The van der Waals surface area contributed by atoms with E-state index in [1.165, 1.54) is 11.5 Å². The van der Waals surface area contributed by atoms with Crippen molar-refractivity contribution >= 4 is 16.7 Å². The summed E-state index contributed by atoms with van der Waals surface area (Å²) < 4.78 is 4.29. The van der Waals surface area contributed by atoms with Crippen molar-refractivity contribution in [2.75, 3.05) is 18.0 Å². The first-order valence-corrected chi connectivity index (χ1v) is 5.71. The predicted molar refractivity (Wildman–Crippen MR) is 56.8 cm³/mol. The second kappa shape index (κ2) is 3.82. The summed E-state index contributed by atoms with van der Waals surface area (Å²) in [4.78, 5) is 6.55. The molecule has 1 saturated heterocycles. The molecule has 4 nitrogen and oxygen atoms in total. The number of nitrogens with zero attached hydrogens (tertiary/aromatic N) is 3. The maximum Gasteiger partial charge on any atom is 0.205 e. The van der Waals surface area contributed by atoms with Gasteiger partial charge in [-0.05, 0) is 6.42 Å². The van der Waals surface area contributed by atoms with Crippen molar-refractivity contribution in [3.63, 3.8) is 0 Å². The minimum Gasteiger partial charge on any atom is -0.391 e. The zero-order valence-electron chi connectivity index (χ0n) is 8.47. The Kier molecular flexibility index (Phi) is 2.69. The van der Waals surface area contributed by atoms with Gasteiger partial charge in [-0.3, -0.25) is 0 Å². The van der Waals surface area contributed by atoms with E-state index in [-0.39, 0.29) is 6.10 Å². The van der Waals surface area contributed by atoms with Crippen LogP contribution < -0.4 is 4.90 Å². The van der Waals surface area contributed by atoms with Gasteiger partial charge in [0.2, 0.25) is 5.13 Å². The van der Waals surface area contributed by atoms with Gasteiger partial charge in [0.05, 0.1) is 6.10 Å². The quantitative estimate of drug-likeness (QED) is 0.803. The summed E-state index contributed by atoms with van der Waals surface area (Å²) in [5, 5.41) is 10.3. The topological polar surface area (TPSA) is 49.2 Å². The van der Waals surface area contributed by atoms with Gasteiger partial charge in [-0.2, -0.15) is 4.37 Å². The van der Waals surface area contributed by atoms with Crippen molar-refractivity contribution in [2.24, 2.45) is 0 Å². The largest absolute Gasteiger partial charge is 0.391 e. The molecule has 0 spiro atoms. The van der Waals surface area contributed by atoms with Crippen molar-refractivity contribution in [3.8, 4) is 0 Å². The van der Waals surface area contributed by atoms with Crippen LogP contribution in [0.5, 0.6) is 0 Å². The third-order valence-corrected chi connectivity index (χ3v) is 3.17. The lowest BCUT2D eigenvalue weighted by Crippen LogP contribution is -2.20. The second-order valence-corrected chi connectivity index (χ2v) is 4.71. The number of anilines is 1. The van der Waals surface area contributed by atoms with E-state index < -0.39 is 0 Å². The number of hydrogen-bond donors (Lipinski definition) is 1. The summed E-state index contributed by atoms with van der Waals surface area (Å²) in [6, 6.07) is 0. The molecule has 0 bridgehead atoms. The molecule has 1 aliphatic heterocycles. The van der Waals surface area contributed by atoms with Crippen molar-refractivity contribution < 1.29 is 5.11 Å². The van der Waals surface area contributed by atoms with Crippen molar-refractivity contribution in [1.82, 2.24) is 9.36 Å². The van der Waals surface area contributed by atoms with Gasteiger partial charge >= 0.3 is 0 Å². The Labute approximate surface area is 87.8 Å². The van der Waals surface area contributed by atoms with Crippen molar-refractivity contribution in [3.05, 3.63) is 5.82 Å². The lowest BCUT2D eigenvalue weighted by Gasteiger charge is -2.11. The summed E-state index contributed by atoms with van der Waals surface area (Å²) >= 11 is 1.43. The average molecular weight is 213 g/mol. The van der Waals surface area contributed by atoms with Gasteiger partial charge in [0.25, 0.3) is 0 Å². The first kappa shape index (κ1) is 9.86. The highest BCUT2D eigenvalue weighted by molar-refractivity contribution is 7.09. The van der Waals surface area contributed by atoms with Crippen LogP contribution in [0, 0.1) is 0 Å². The molecule has 1 aromatic rings. The molecular weight excluding hydrogens is 198 g/mol. The molecule has 0 aromatic carbocycles. The summed E-state index contributed by atoms with van der Waals surface area (Å²) in [7, 11) is 0. The minimum absolute atomic E-state index is 0.193. The number of aromatic nitrogens is 2. The highest BCUT2D eigenvalue weighted by Gasteiger charge is 2.23. The summed E-state index contributed by atoms with van der Waals surface area (Å²) in [6.45, 7) is 5.77. The van der Waals surface area contributed by atoms with Crippen molar-refractivity contribution in [1.29, 1.82) is 0 Å². The smallest absolute Gasteiger partial charge is 0.205 e. The highest BCUT2D eigenvalue weighted by atomic mass is 32.1. The Morgan fingerprint density at radius 2 is 2.36 bits per heavy atom. The van der Waals surface area contributed by atoms with Gasteiger partial charge in [0.15, 0.2) is 0 Å². The Balaban J connectivity index is 2.09. The van der Waals surface area contributed by atoms with Crippen LogP contribution in [0.15, 0.2) is 0 Å². The maximum absolute atomic E-state index is 9.39. The number of hydrogen-bond acceptors (Lipinski definition) is 5. The highest BCUT2D eigenvalue weighted by Crippen LogP contribution is 2.24. The molecule has 0 aliphatic carbocycles. The lowest BCUT2D eigenvalue weighted by molar-refractivity contribution is 0.198. The third-order valence-electron chi connectivity index (χ3n) is 2.38. The maximum atomic E-state index is 9.39. The van der Waals surface area contributed by atoms with E-state index in [1.54, 1.807) is 0 Å². The zero-order chi connectivity index (χ0) is 10.1. The average Bonchev–Trinajstić information content (AvgIpc) is 2.70. The Morgan fingerprint density at radius 1 is 1.57 bits per heavy atom. The van der Waals surface area contributed by atoms with E-state index in [0.717, 1.165) is 23.9 Å². The fourth-order valence-corrected chi connectivity index (χ4v) is 2.35. The Morgan fingerprint density at radius 3 is 2.86 bits per heavy atom. The van der Waals surface area contributed by atoms with E-state index in [4.69, 9.17) is 0 Å². The molecule has 1 aromatic heterocycles. The van der Waals surface area contributed by atoms with Gasteiger partial charge in [-0.1, -0.05) is 13.8 Å². The molecule has 1 aliphatic rings. The Hall–Kier alpha value is -0.680. The van der Waals surface area contributed by atoms with Gasteiger partial charge < -0.3 is 10.0 Å². The molecule has 2 rings (SSSR count). The first-order valence-electron chi connectivity index (χ1n) is 4.93. The molecule has 0 radical (unpaired) electrons. The summed E-state index contributed by atoms with van der Waals surface area (Å²) in [5.74, 6) is 1.29. The normalized spacial score (nSPS) is 22.3. The van der Waals surface area contributed by atoms with Crippen LogP contribution >= 0.6 is 11.5 Å². The van der Waals surface area contributed by atoms with E-state index in [1.807, 2.05) is 0 Å². The molecule has 0 saturated carbocycles. The van der Waals surface area contributed by atoms with Crippen LogP contribution in [0.25, 0.3) is 0 Å². The Bertz CT molecular complexity index is 313. The molecular formula is C9H15N3OS. The fraction of sp³-hybridized carbons (Fsp3) is 0.778. The van der Waals surface area contributed by atoms with Crippen LogP contribution in [0.4, 0.5) is 5.13 Å². The molecule has 1 unspecified atom stereocenters. The van der Waals surface area contributed by atoms with Crippen LogP contribution in [-0.2, 0) is 0 Å². The standard InChI is InChI=1S/C9H15N3OS/c1-6(2)8-10-9(14-11-8)12-4-3-7(13)5-12/h6-7,13H,3-5H2,1-2H3. The second-order valence-electron chi connectivity index (χ2n) is 3.98. The molecule has 14 heavy (non-hydrogen) atoms. The van der Waals surface area contributed by atoms with E-state index in [0.29, 0.717) is 12.5 Å². The number of aliphatic hydroxyl groups is 1. The van der Waals surface area contributed by atoms with Crippen LogP contribution in [-0.4, -0.2) is 33.7 Å². The van der Waals surface area contributed by atoms with Crippen LogP contribution in [0.3, 0.4) is 0 Å². The van der Waals surface area contributed by atoms with Crippen LogP contribution in [0.2, 0.25) is 0 Å². The van der Waals surface area contributed by atoms with E-state index in [2.05, 4.69) is 28.1 Å². The van der Waals surface area contributed by atoms with E-state index in [9.17, 15) is 5.11 Å². The molecule has 0 amide bonds. The minimum atomic E-state index is -0.193. The van der Waals surface area contributed by atoms with Gasteiger partial charge in [0.1, 0.15) is 5.82 Å². The summed E-state index contributed by atoms with van der Waals surface area (Å²) in [5.41, 5.74) is 0. The van der Waals surface area contributed by atoms with Gasteiger partial charge in [-0.15, -0.1) is 0 Å². The molecule has 1 fully saturated rings. The number of aliphatic hydroxyl groups excluding tert-OH is 1. The third kappa shape index (κ3) is 1.88.